The van der Waals surface area contributed by atoms with Crippen LogP contribution in [0.2, 0.25) is 10.0 Å². The summed E-state index contributed by atoms with van der Waals surface area (Å²) in [4.78, 5) is 18.9. The van der Waals surface area contributed by atoms with Crippen molar-refractivity contribution >= 4 is 62.2 Å². The van der Waals surface area contributed by atoms with E-state index in [4.69, 9.17) is 28.2 Å². The SMILES string of the molecule is O=c1c(=Cc2cc(Cl)c(O)c(Cl)c2)sc2n1C(c1ccc(Br)cc1)C=C(c1ccccc1)N=2. The summed E-state index contributed by atoms with van der Waals surface area (Å²) >= 11 is 16.9. The van der Waals surface area contributed by atoms with E-state index in [0.717, 1.165) is 21.3 Å². The number of allylic oxidation sites excluding steroid dienone is 1. The van der Waals surface area contributed by atoms with E-state index < -0.39 is 0 Å². The minimum Gasteiger partial charge on any atom is -0.505 e. The van der Waals surface area contributed by atoms with Crippen LogP contribution in [0.4, 0.5) is 0 Å². The van der Waals surface area contributed by atoms with Crippen LogP contribution in [0.15, 0.2) is 87.1 Å². The van der Waals surface area contributed by atoms with Crippen LogP contribution in [-0.4, -0.2) is 9.67 Å². The second kappa shape index (κ2) is 8.95. The molecule has 1 N–H and O–H groups in total. The van der Waals surface area contributed by atoms with Gasteiger partial charge in [-0.25, -0.2) is 4.99 Å². The van der Waals surface area contributed by atoms with Crippen molar-refractivity contribution in [3.63, 3.8) is 0 Å². The summed E-state index contributed by atoms with van der Waals surface area (Å²) in [7, 11) is 0. The third kappa shape index (κ3) is 4.32. The number of aromatic nitrogens is 1. The van der Waals surface area contributed by atoms with Crippen molar-refractivity contribution in [1.29, 1.82) is 0 Å². The zero-order chi connectivity index (χ0) is 23.1. The van der Waals surface area contributed by atoms with Crippen molar-refractivity contribution < 1.29 is 5.11 Å². The number of aromatic hydroxyl groups is 1. The molecule has 5 rings (SSSR count). The fourth-order valence-corrected chi connectivity index (χ4v) is 5.45. The van der Waals surface area contributed by atoms with Crippen molar-refractivity contribution in [3.05, 3.63) is 124 Å². The highest BCUT2D eigenvalue weighted by atomic mass is 79.9. The summed E-state index contributed by atoms with van der Waals surface area (Å²) < 4.78 is 3.17. The topological polar surface area (TPSA) is 54.6 Å². The van der Waals surface area contributed by atoms with Gasteiger partial charge in [0.05, 0.1) is 26.3 Å². The number of thiazole rings is 1. The van der Waals surface area contributed by atoms with Crippen molar-refractivity contribution in [1.82, 2.24) is 4.57 Å². The van der Waals surface area contributed by atoms with Gasteiger partial charge in [0, 0.05) is 4.47 Å². The molecule has 33 heavy (non-hydrogen) atoms. The number of phenolic OH excluding ortho intramolecular Hbond substituents is 1. The number of nitrogens with zero attached hydrogens (tertiary/aromatic N) is 2. The van der Waals surface area contributed by atoms with Gasteiger partial charge in [0.1, 0.15) is 0 Å². The van der Waals surface area contributed by atoms with E-state index in [1.54, 1.807) is 22.8 Å². The van der Waals surface area contributed by atoms with E-state index in [-0.39, 0.29) is 27.4 Å². The summed E-state index contributed by atoms with van der Waals surface area (Å²) in [5, 5.41) is 10.1. The molecular formula is C25H15BrCl2N2O2S. The van der Waals surface area contributed by atoms with E-state index in [2.05, 4.69) is 15.9 Å². The third-order valence-corrected chi connectivity index (χ3v) is 7.35. The predicted molar refractivity (Wildman–Crippen MR) is 138 cm³/mol. The lowest BCUT2D eigenvalue weighted by molar-refractivity contribution is 0.476. The molecule has 1 unspecified atom stereocenters. The van der Waals surface area contributed by atoms with E-state index in [0.29, 0.717) is 14.9 Å². The van der Waals surface area contributed by atoms with Gasteiger partial charge in [0.15, 0.2) is 10.6 Å². The first-order valence-corrected chi connectivity index (χ1v) is 12.3. The summed E-state index contributed by atoms with van der Waals surface area (Å²) in [6.45, 7) is 0. The van der Waals surface area contributed by atoms with Crippen molar-refractivity contribution in [3.8, 4) is 5.75 Å². The Bertz CT molecular complexity index is 1550. The van der Waals surface area contributed by atoms with E-state index in [9.17, 15) is 9.90 Å². The fourth-order valence-electron chi connectivity index (χ4n) is 3.67. The Morgan fingerprint density at radius 2 is 1.70 bits per heavy atom. The van der Waals surface area contributed by atoms with Gasteiger partial charge < -0.3 is 5.11 Å². The number of hydrogen-bond acceptors (Lipinski definition) is 4. The highest BCUT2D eigenvalue weighted by Gasteiger charge is 2.22. The molecule has 1 aliphatic heterocycles. The van der Waals surface area contributed by atoms with Crippen LogP contribution < -0.4 is 14.9 Å². The second-order valence-electron chi connectivity index (χ2n) is 7.43. The van der Waals surface area contributed by atoms with Gasteiger partial charge in [-0.05, 0) is 53.1 Å². The van der Waals surface area contributed by atoms with Gasteiger partial charge in [-0.1, -0.05) is 92.9 Å². The van der Waals surface area contributed by atoms with Gasteiger partial charge in [-0.3, -0.25) is 9.36 Å². The van der Waals surface area contributed by atoms with E-state index in [1.165, 1.54) is 11.3 Å². The zero-order valence-electron chi connectivity index (χ0n) is 16.9. The number of benzene rings is 3. The predicted octanol–water partition coefficient (Wildman–Crippen LogP) is 5.78. The molecule has 4 aromatic rings. The molecule has 0 bridgehead atoms. The lowest BCUT2D eigenvalue weighted by atomic mass is 10.0. The Morgan fingerprint density at radius 1 is 1.03 bits per heavy atom. The van der Waals surface area contributed by atoms with Gasteiger partial charge in [0.2, 0.25) is 0 Å². The van der Waals surface area contributed by atoms with Crippen LogP contribution in [0, 0.1) is 0 Å². The number of hydrogen-bond donors (Lipinski definition) is 1. The average molecular weight is 558 g/mol. The standard InChI is InChI=1S/C25H15BrCl2N2O2S/c26-17-8-6-16(7-9-17)21-13-20(15-4-2-1-3-5-15)29-25-30(21)24(32)22(33-25)12-14-10-18(27)23(31)19(28)11-14/h1-13,21,31H. The number of phenols is 1. The summed E-state index contributed by atoms with van der Waals surface area (Å²) in [6.07, 6.45) is 3.73. The van der Waals surface area contributed by atoms with Crippen LogP contribution in [0.3, 0.4) is 0 Å². The van der Waals surface area contributed by atoms with Gasteiger partial charge >= 0.3 is 0 Å². The molecule has 0 saturated heterocycles. The zero-order valence-corrected chi connectivity index (χ0v) is 20.8. The fraction of sp³-hybridized carbons (Fsp3) is 0.0400. The van der Waals surface area contributed by atoms with Crippen LogP contribution in [-0.2, 0) is 0 Å². The van der Waals surface area contributed by atoms with Crippen LogP contribution in [0.1, 0.15) is 22.7 Å². The number of rotatable bonds is 3. The summed E-state index contributed by atoms with van der Waals surface area (Å²) in [5.41, 5.74) is 3.23. The van der Waals surface area contributed by atoms with Gasteiger partial charge in [0.25, 0.3) is 5.56 Å². The van der Waals surface area contributed by atoms with Gasteiger partial charge in [-0.15, -0.1) is 0 Å². The summed E-state index contributed by atoms with van der Waals surface area (Å²) in [6, 6.07) is 20.6. The van der Waals surface area contributed by atoms with Crippen molar-refractivity contribution in [2.75, 3.05) is 0 Å². The second-order valence-corrected chi connectivity index (χ2v) is 10.2. The van der Waals surface area contributed by atoms with E-state index >= 15 is 0 Å². The maximum absolute atomic E-state index is 13.5. The van der Waals surface area contributed by atoms with Crippen LogP contribution >= 0.6 is 50.5 Å². The molecule has 0 radical (unpaired) electrons. The minimum atomic E-state index is -0.307. The first-order chi connectivity index (χ1) is 15.9. The Balaban J connectivity index is 1.73. The maximum atomic E-state index is 13.5. The Hall–Kier alpha value is -2.64. The Morgan fingerprint density at radius 3 is 2.36 bits per heavy atom. The molecule has 1 aromatic heterocycles. The van der Waals surface area contributed by atoms with Crippen molar-refractivity contribution in [2.24, 2.45) is 4.99 Å². The quantitative estimate of drug-likeness (QED) is 0.347. The van der Waals surface area contributed by atoms with Crippen molar-refractivity contribution in [2.45, 2.75) is 6.04 Å². The normalized spacial score (nSPS) is 15.7. The maximum Gasteiger partial charge on any atom is 0.271 e. The number of fused-ring (bicyclic) bond motifs is 1. The lowest BCUT2D eigenvalue weighted by Crippen LogP contribution is -2.36. The largest absolute Gasteiger partial charge is 0.505 e. The minimum absolute atomic E-state index is 0.126. The smallest absolute Gasteiger partial charge is 0.271 e. The molecule has 8 heteroatoms. The number of halogens is 3. The molecule has 164 valence electrons. The summed E-state index contributed by atoms with van der Waals surface area (Å²) in [5.74, 6) is -0.181. The molecular weight excluding hydrogens is 543 g/mol. The molecule has 0 amide bonds. The van der Waals surface area contributed by atoms with E-state index in [1.807, 2.05) is 60.7 Å². The first-order valence-electron chi connectivity index (χ1n) is 9.93. The highest BCUT2D eigenvalue weighted by molar-refractivity contribution is 9.10. The molecule has 0 fully saturated rings. The Labute approximate surface area is 211 Å². The molecule has 0 saturated carbocycles. The molecule has 1 aliphatic rings. The molecule has 3 aromatic carbocycles. The molecule has 0 spiro atoms. The lowest BCUT2D eigenvalue weighted by Gasteiger charge is -2.19. The molecule has 1 atom stereocenters. The molecule has 0 aliphatic carbocycles. The molecule has 4 nitrogen and oxygen atoms in total. The van der Waals surface area contributed by atoms with Crippen LogP contribution in [0.5, 0.6) is 5.75 Å². The Kier molecular flexibility index (Phi) is 6.01. The average Bonchev–Trinajstić information content (AvgIpc) is 3.13. The third-order valence-electron chi connectivity index (χ3n) is 5.26. The molecule has 2 heterocycles. The van der Waals surface area contributed by atoms with Gasteiger partial charge in [-0.2, -0.15) is 0 Å². The van der Waals surface area contributed by atoms with Crippen LogP contribution in [0.25, 0.3) is 11.8 Å². The first kappa shape index (κ1) is 22.2. The monoisotopic (exact) mass is 556 g/mol. The highest BCUT2D eigenvalue weighted by Crippen LogP contribution is 2.33.